The number of aryl methyl sites for hydroxylation is 2. The van der Waals surface area contributed by atoms with E-state index in [9.17, 15) is 19.8 Å². The summed E-state index contributed by atoms with van der Waals surface area (Å²) in [6, 6.07) is 13.4. The van der Waals surface area contributed by atoms with Gasteiger partial charge in [-0.3, -0.25) is 14.6 Å². The Morgan fingerprint density at radius 1 is 1.21 bits per heavy atom. The van der Waals surface area contributed by atoms with E-state index in [0.29, 0.717) is 25.1 Å². The Kier molecular flexibility index (Phi) is 6.09. The lowest BCUT2D eigenvalue weighted by molar-refractivity contribution is -0.162. The molecule has 1 aromatic heterocycles. The fraction of sp³-hybridized carbons (Fsp3) is 0.409. The minimum absolute atomic E-state index is 0.00681. The van der Waals surface area contributed by atoms with E-state index in [4.69, 9.17) is 0 Å². The van der Waals surface area contributed by atoms with Gasteiger partial charge in [0, 0.05) is 19.3 Å². The lowest BCUT2D eigenvalue weighted by atomic mass is 9.73. The molecule has 0 unspecified atom stereocenters. The number of hydrogen-bond acceptors (Lipinski definition) is 4. The number of aliphatic carboxylic acids is 1. The van der Waals surface area contributed by atoms with Gasteiger partial charge in [-0.2, -0.15) is 0 Å². The van der Waals surface area contributed by atoms with Gasteiger partial charge in [0.05, 0.1) is 6.10 Å². The first-order valence-electron chi connectivity index (χ1n) is 9.60. The van der Waals surface area contributed by atoms with Crippen molar-refractivity contribution in [2.75, 3.05) is 13.1 Å². The second-order valence-electron chi connectivity index (χ2n) is 7.50. The van der Waals surface area contributed by atoms with Crippen molar-refractivity contribution in [1.29, 1.82) is 0 Å². The number of nitrogens with zero attached hydrogens (tertiary/aromatic N) is 2. The maximum atomic E-state index is 12.9. The molecule has 1 aliphatic rings. The van der Waals surface area contributed by atoms with Crippen molar-refractivity contribution < 1.29 is 19.8 Å². The molecule has 6 heteroatoms. The highest BCUT2D eigenvalue weighted by Gasteiger charge is 2.49. The third kappa shape index (κ3) is 4.07. The van der Waals surface area contributed by atoms with E-state index in [-0.39, 0.29) is 18.9 Å². The van der Waals surface area contributed by atoms with Crippen LogP contribution in [0.2, 0.25) is 0 Å². The van der Waals surface area contributed by atoms with E-state index >= 15 is 0 Å². The van der Waals surface area contributed by atoms with Crippen LogP contribution >= 0.6 is 0 Å². The largest absolute Gasteiger partial charge is 0.481 e. The van der Waals surface area contributed by atoms with Crippen molar-refractivity contribution in [1.82, 2.24) is 9.88 Å². The summed E-state index contributed by atoms with van der Waals surface area (Å²) in [4.78, 5) is 30.8. The number of benzene rings is 1. The lowest BCUT2D eigenvalue weighted by Crippen LogP contribution is -2.57. The number of aromatic nitrogens is 1. The summed E-state index contributed by atoms with van der Waals surface area (Å²) < 4.78 is 0. The van der Waals surface area contributed by atoms with Crippen molar-refractivity contribution in [3.05, 3.63) is 65.5 Å². The van der Waals surface area contributed by atoms with E-state index in [1.807, 2.05) is 43.3 Å². The van der Waals surface area contributed by atoms with E-state index < -0.39 is 17.5 Å². The molecule has 0 radical (unpaired) electrons. The summed E-state index contributed by atoms with van der Waals surface area (Å²) in [5.74, 6) is -1.33. The Morgan fingerprint density at radius 2 is 1.96 bits per heavy atom. The van der Waals surface area contributed by atoms with Crippen LogP contribution in [-0.2, 0) is 11.2 Å². The normalized spacial score (nSPS) is 22.1. The van der Waals surface area contributed by atoms with Gasteiger partial charge in [0.15, 0.2) is 0 Å². The zero-order chi connectivity index (χ0) is 20.1. The van der Waals surface area contributed by atoms with Crippen molar-refractivity contribution in [3.63, 3.8) is 0 Å². The molecule has 1 aromatic carbocycles. The van der Waals surface area contributed by atoms with E-state index in [1.54, 1.807) is 12.3 Å². The molecule has 1 saturated heterocycles. The topological polar surface area (TPSA) is 90.7 Å². The Hall–Kier alpha value is -2.73. The van der Waals surface area contributed by atoms with Crippen molar-refractivity contribution >= 4 is 11.9 Å². The number of piperidine rings is 1. The Labute approximate surface area is 164 Å². The fourth-order valence-corrected chi connectivity index (χ4v) is 3.93. The van der Waals surface area contributed by atoms with Crippen LogP contribution in [0.25, 0.3) is 0 Å². The molecule has 6 nitrogen and oxygen atoms in total. The van der Waals surface area contributed by atoms with Crippen LogP contribution in [0.4, 0.5) is 0 Å². The summed E-state index contributed by atoms with van der Waals surface area (Å²) in [6.07, 6.45) is 2.49. The highest BCUT2D eigenvalue weighted by Crippen LogP contribution is 2.36. The average Bonchev–Trinajstić information content (AvgIpc) is 2.70. The van der Waals surface area contributed by atoms with Gasteiger partial charge in [-0.15, -0.1) is 0 Å². The quantitative estimate of drug-likeness (QED) is 0.802. The molecule has 1 aliphatic heterocycles. The number of carbonyl (C=O) groups is 2. The predicted octanol–water partition coefficient (Wildman–Crippen LogP) is 2.69. The predicted molar refractivity (Wildman–Crippen MR) is 105 cm³/mol. The number of aliphatic hydroxyl groups is 1. The van der Waals surface area contributed by atoms with Crippen LogP contribution in [0.5, 0.6) is 0 Å². The van der Waals surface area contributed by atoms with Gasteiger partial charge < -0.3 is 15.1 Å². The average molecular weight is 382 g/mol. The third-order valence-electron chi connectivity index (χ3n) is 5.64. The first-order valence-corrected chi connectivity index (χ1v) is 9.60. The Morgan fingerprint density at radius 3 is 2.64 bits per heavy atom. The molecule has 28 heavy (non-hydrogen) atoms. The Balaban J connectivity index is 1.76. The standard InChI is InChI=1S/C22H26N2O4/c1-16-7-6-13-23-19(16)20(26)24-14-11-18(25)22(15-24,21(27)28)12-5-10-17-8-3-2-4-9-17/h2-4,6-9,13,18,25H,5,10-12,14-15H2,1H3,(H,27,28)/t18-,22+/m0/s1. The summed E-state index contributed by atoms with van der Waals surface area (Å²) in [5.41, 5.74) is 0.863. The first kappa shape index (κ1) is 20.0. The number of hydrogen-bond donors (Lipinski definition) is 2. The van der Waals surface area contributed by atoms with E-state index in [2.05, 4.69) is 4.98 Å². The minimum atomic E-state index is -1.36. The maximum Gasteiger partial charge on any atom is 0.314 e. The number of carboxylic acid groups (broad SMARTS) is 1. The molecule has 2 heterocycles. The number of amides is 1. The van der Waals surface area contributed by atoms with Gasteiger partial charge in [0.25, 0.3) is 5.91 Å². The molecule has 1 fully saturated rings. The van der Waals surface area contributed by atoms with Gasteiger partial charge in [-0.1, -0.05) is 36.4 Å². The monoisotopic (exact) mass is 382 g/mol. The summed E-state index contributed by atoms with van der Waals surface area (Å²) >= 11 is 0. The molecule has 2 aromatic rings. The number of rotatable bonds is 6. The second-order valence-corrected chi connectivity index (χ2v) is 7.50. The molecule has 1 amide bonds. The van der Waals surface area contributed by atoms with Crippen LogP contribution in [0.3, 0.4) is 0 Å². The molecule has 148 valence electrons. The molecule has 2 atom stereocenters. The van der Waals surface area contributed by atoms with E-state index in [1.165, 1.54) is 4.90 Å². The van der Waals surface area contributed by atoms with Crippen molar-refractivity contribution in [2.24, 2.45) is 5.41 Å². The number of pyridine rings is 1. The van der Waals surface area contributed by atoms with Gasteiger partial charge >= 0.3 is 5.97 Å². The fourth-order valence-electron chi connectivity index (χ4n) is 3.93. The smallest absolute Gasteiger partial charge is 0.314 e. The Bertz CT molecular complexity index is 839. The number of aliphatic hydroxyl groups excluding tert-OH is 1. The zero-order valence-corrected chi connectivity index (χ0v) is 16.0. The van der Waals surface area contributed by atoms with Crippen LogP contribution in [-0.4, -0.2) is 51.2 Å². The molecule has 0 spiro atoms. The number of carbonyl (C=O) groups excluding carboxylic acids is 1. The number of carboxylic acids is 1. The zero-order valence-electron chi connectivity index (χ0n) is 16.0. The van der Waals surface area contributed by atoms with E-state index in [0.717, 1.165) is 17.5 Å². The molecular weight excluding hydrogens is 356 g/mol. The SMILES string of the molecule is Cc1cccnc1C(=O)N1CC[C@H](O)[C@](CCCc2ccccc2)(C(=O)O)C1. The van der Waals surface area contributed by atoms with Crippen LogP contribution in [0, 0.1) is 12.3 Å². The molecule has 3 rings (SSSR count). The van der Waals surface area contributed by atoms with Crippen LogP contribution in [0.15, 0.2) is 48.7 Å². The van der Waals surface area contributed by atoms with Gasteiger partial charge in [0.2, 0.25) is 0 Å². The van der Waals surface area contributed by atoms with Crippen molar-refractivity contribution in [3.8, 4) is 0 Å². The summed E-state index contributed by atoms with van der Waals surface area (Å²) in [6.45, 7) is 2.13. The maximum absolute atomic E-state index is 12.9. The number of likely N-dealkylation sites (tertiary alicyclic amines) is 1. The molecule has 0 saturated carbocycles. The summed E-state index contributed by atoms with van der Waals surface area (Å²) in [7, 11) is 0. The van der Waals surface area contributed by atoms with Crippen LogP contribution < -0.4 is 0 Å². The lowest BCUT2D eigenvalue weighted by Gasteiger charge is -2.43. The molecule has 2 N–H and O–H groups in total. The molecule has 0 bridgehead atoms. The van der Waals surface area contributed by atoms with Crippen LogP contribution in [0.1, 0.15) is 40.9 Å². The van der Waals surface area contributed by atoms with Gasteiger partial charge in [-0.25, -0.2) is 0 Å². The molecular formula is C22H26N2O4. The highest BCUT2D eigenvalue weighted by molar-refractivity contribution is 5.94. The minimum Gasteiger partial charge on any atom is -0.481 e. The summed E-state index contributed by atoms with van der Waals surface area (Å²) in [5, 5.41) is 20.5. The molecule has 0 aliphatic carbocycles. The van der Waals surface area contributed by atoms with Gasteiger partial charge in [0.1, 0.15) is 11.1 Å². The third-order valence-corrected chi connectivity index (χ3v) is 5.64. The first-order chi connectivity index (χ1) is 13.4. The highest BCUT2D eigenvalue weighted by atomic mass is 16.4. The van der Waals surface area contributed by atoms with Gasteiger partial charge in [-0.05, 0) is 49.8 Å². The second kappa shape index (κ2) is 8.52. The van der Waals surface area contributed by atoms with Crippen molar-refractivity contribution in [2.45, 2.75) is 38.7 Å².